The molecule has 0 radical (unpaired) electrons. The molecule has 1 aromatic rings. The van der Waals surface area contributed by atoms with Crippen LogP contribution in [0.2, 0.25) is 0 Å². The highest BCUT2D eigenvalue weighted by Gasteiger charge is 2.13. The minimum absolute atomic E-state index is 0.532. The molecular formula is C11H13NO. The summed E-state index contributed by atoms with van der Waals surface area (Å²) in [7, 11) is 0. The molecule has 0 aliphatic carbocycles. The Balaban J connectivity index is 2.51. The Morgan fingerprint density at radius 3 is 2.85 bits per heavy atom. The third-order valence-corrected chi connectivity index (χ3v) is 2.31. The minimum Gasteiger partial charge on any atom is -0.370 e. The summed E-state index contributed by atoms with van der Waals surface area (Å²) in [5, 5.41) is 12.5. The molecule has 2 nitrogen and oxygen atoms in total. The summed E-state index contributed by atoms with van der Waals surface area (Å²) in [5.74, 6) is 0. The maximum absolute atomic E-state index is 9.51. The highest BCUT2D eigenvalue weighted by Crippen LogP contribution is 2.26. The van der Waals surface area contributed by atoms with Crippen LogP contribution >= 0.6 is 0 Å². The first-order chi connectivity index (χ1) is 6.16. The van der Waals surface area contributed by atoms with Gasteiger partial charge in [-0.15, -0.1) is 0 Å². The molecule has 2 heteroatoms. The number of aryl methyl sites for hydroxylation is 1. The monoisotopic (exact) mass is 175 g/mol. The predicted molar refractivity (Wildman–Crippen MR) is 54.5 cm³/mol. The molecule has 0 saturated carbocycles. The van der Waals surface area contributed by atoms with Crippen LogP contribution in [0.4, 0.5) is 5.69 Å². The van der Waals surface area contributed by atoms with E-state index in [2.05, 4.69) is 18.3 Å². The summed E-state index contributed by atoms with van der Waals surface area (Å²) < 4.78 is 0. The first-order valence-electron chi connectivity index (χ1n) is 4.40. The van der Waals surface area contributed by atoms with Gasteiger partial charge in [-0.2, -0.15) is 0 Å². The molecule has 0 aromatic heterocycles. The molecule has 13 heavy (non-hydrogen) atoms. The lowest BCUT2D eigenvalue weighted by Gasteiger charge is -2.22. The standard InChI is InChI=1S/C11H13NO/c1-7-3-4-10-9(5-7)6-8(2)11(13)12-10/h3-6,11-13H,1-2H3. The second kappa shape index (κ2) is 2.89. The maximum atomic E-state index is 9.51. The lowest BCUT2D eigenvalue weighted by atomic mass is 10.0. The van der Waals surface area contributed by atoms with Crippen LogP contribution in [0, 0.1) is 6.92 Å². The van der Waals surface area contributed by atoms with E-state index >= 15 is 0 Å². The molecule has 0 saturated heterocycles. The number of aliphatic hydroxyl groups is 1. The van der Waals surface area contributed by atoms with Crippen molar-refractivity contribution in [1.82, 2.24) is 0 Å². The van der Waals surface area contributed by atoms with Crippen molar-refractivity contribution in [2.75, 3.05) is 5.32 Å². The van der Waals surface area contributed by atoms with Gasteiger partial charge < -0.3 is 10.4 Å². The summed E-state index contributed by atoms with van der Waals surface area (Å²) in [4.78, 5) is 0. The molecule has 0 bridgehead atoms. The topological polar surface area (TPSA) is 32.3 Å². The van der Waals surface area contributed by atoms with Crippen LogP contribution in [0.3, 0.4) is 0 Å². The lowest BCUT2D eigenvalue weighted by Crippen LogP contribution is -2.23. The van der Waals surface area contributed by atoms with Crippen molar-refractivity contribution in [3.63, 3.8) is 0 Å². The number of rotatable bonds is 0. The van der Waals surface area contributed by atoms with E-state index in [-0.39, 0.29) is 0 Å². The summed E-state index contributed by atoms with van der Waals surface area (Å²) in [6.07, 6.45) is 1.49. The van der Waals surface area contributed by atoms with Crippen molar-refractivity contribution < 1.29 is 5.11 Å². The first-order valence-corrected chi connectivity index (χ1v) is 4.40. The second-order valence-corrected chi connectivity index (χ2v) is 3.53. The average Bonchev–Trinajstić information content (AvgIpc) is 2.08. The number of aliphatic hydroxyl groups excluding tert-OH is 1. The van der Waals surface area contributed by atoms with E-state index in [1.165, 1.54) is 5.56 Å². The van der Waals surface area contributed by atoms with E-state index in [4.69, 9.17) is 0 Å². The Hall–Kier alpha value is -1.28. The van der Waals surface area contributed by atoms with Gasteiger partial charge in [-0.25, -0.2) is 0 Å². The van der Waals surface area contributed by atoms with Gasteiger partial charge in [0.15, 0.2) is 0 Å². The predicted octanol–water partition coefficient (Wildman–Crippen LogP) is 2.14. The molecule has 0 fully saturated rings. The van der Waals surface area contributed by atoms with Crippen molar-refractivity contribution in [2.45, 2.75) is 20.1 Å². The fourth-order valence-corrected chi connectivity index (χ4v) is 1.52. The van der Waals surface area contributed by atoms with E-state index < -0.39 is 6.23 Å². The fraction of sp³-hybridized carbons (Fsp3) is 0.273. The Morgan fingerprint density at radius 2 is 2.08 bits per heavy atom. The second-order valence-electron chi connectivity index (χ2n) is 3.53. The van der Waals surface area contributed by atoms with Gasteiger partial charge in [0.2, 0.25) is 0 Å². The van der Waals surface area contributed by atoms with Crippen molar-refractivity contribution in [3.8, 4) is 0 Å². The fourth-order valence-electron chi connectivity index (χ4n) is 1.52. The number of nitrogens with one attached hydrogen (secondary N) is 1. The van der Waals surface area contributed by atoms with Gasteiger partial charge in [0, 0.05) is 5.69 Å². The highest BCUT2D eigenvalue weighted by molar-refractivity contribution is 5.72. The van der Waals surface area contributed by atoms with E-state index in [0.717, 1.165) is 16.8 Å². The van der Waals surface area contributed by atoms with E-state index in [0.29, 0.717) is 0 Å². The Morgan fingerprint density at radius 1 is 1.31 bits per heavy atom. The lowest BCUT2D eigenvalue weighted by molar-refractivity contribution is 0.240. The van der Waals surface area contributed by atoms with Gasteiger partial charge in [-0.3, -0.25) is 0 Å². The molecule has 0 amide bonds. The van der Waals surface area contributed by atoms with Gasteiger partial charge >= 0.3 is 0 Å². The molecule has 2 rings (SSSR count). The number of hydrogen-bond acceptors (Lipinski definition) is 2. The molecule has 2 N–H and O–H groups in total. The number of anilines is 1. The molecule has 1 aromatic carbocycles. The number of fused-ring (bicyclic) bond motifs is 1. The maximum Gasteiger partial charge on any atom is 0.146 e. The first kappa shape index (κ1) is 8.32. The third kappa shape index (κ3) is 1.45. The van der Waals surface area contributed by atoms with Gasteiger partial charge in [-0.1, -0.05) is 11.6 Å². The van der Waals surface area contributed by atoms with Crippen LogP contribution in [0.5, 0.6) is 0 Å². The molecule has 1 heterocycles. The molecule has 1 unspecified atom stereocenters. The molecular weight excluding hydrogens is 162 g/mol. The largest absolute Gasteiger partial charge is 0.370 e. The van der Waals surface area contributed by atoms with E-state index in [1.807, 2.05) is 25.1 Å². The molecule has 1 aliphatic rings. The molecule has 0 spiro atoms. The van der Waals surface area contributed by atoms with E-state index in [1.54, 1.807) is 0 Å². The SMILES string of the molecule is CC1=Cc2cc(C)ccc2NC1O. The minimum atomic E-state index is -0.532. The smallest absolute Gasteiger partial charge is 0.146 e. The highest BCUT2D eigenvalue weighted by atomic mass is 16.3. The zero-order valence-electron chi connectivity index (χ0n) is 7.83. The summed E-state index contributed by atoms with van der Waals surface area (Å²) >= 11 is 0. The number of benzene rings is 1. The van der Waals surface area contributed by atoms with Crippen LogP contribution in [-0.2, 0) is 0 Å². The summed E-state index contributed by atoms with van der Waals surface area (Å²) in [5.41, 5.74) is 4.35. The van der Waals surface area contributed by atoms with Crippen molar-refractivity contribution >= 4 is 11.8 Å². The normalized spacial score (nSPS) is 20.2. The van der Waals surface area contributed by atoms with Crippen LogP contribution in [0.25, 0.3) is 6.08 Å². The molecule has 1 aliphatic heterocycles. The summed E-state index contributed by atoms with van der Waals surface area (Å²) in [6.45, 7) is 3.98. The van der Waals surface area contributed by atoms with Crippen LogP contribution in [0.15, 0.2) is 23.8 Å². The van der Waals surface area contributed by atoms with Crippen molar-refractivity contribution in [2.24, 2.45) is 0 Å². The van der Waals surface area contributed by atoms with Crippen molar-refractivity contribution in [1.29, 1.82) is 0 Å². The third-order valence-electron chi connectivity index (χ3n) is 2.31. The zero-order chi connectivity index (χ0) is 9.42. The van der Waals surface area contributed by atoms with Gasteiger partial charge in [-0.05, 0) is 43.2 Å². The Bertz CT molecular complexity index is 368. The van der Waals surface area contributed by atoms with Gasteiger partial charge in [0.25, 0.3) is 0 Å². The summed E-state index contributed by atoms with van der Waals surface area (Å²) in [6, 6.07) is 6.14. The number of hydrogen-bond donors (Lipinski definition) is 2. The Labute approximate surface area is 77.9 Å². The quantitative estimate of drug-likeness (QED) is 0.633. The van der Waals surface area contributed by atoms with Gasteiger partial charge in [0.05, 0.1) is 0 Å². The Kier molecular flexibility index (Phi) is 1.85. The van der Waals surface area contributed by atoms with Crippen LogP contribution < -0.4 is 5.32 Å². The van der Waals surface area contributed by atoms with E-state index in [9.17, 15) is 5.11 Å². The zero-order valence-corrected chi connectivity index (χ0v) is 7.83. The van der Waals surface area contributed by atoms with Crippen molar-refractivity contribution in [3.05, 3.63) is 34.9 Å². The molecule has 1 atom stereocenters. The average molecular weight is 175 g/mol. The molecule has 68 valence electrons. The van der Waals surface area contributed by atoms with Gasteiger partial charge in [0.1, 0.15) is 6.23 Å². The van der Waals surface area contributed by atoms with Crippen LogP contribution in [-0.4, -0.2) is 11.3 Å². The van der Waals surface area contributed by atoms with Crippen LogP contribution in [0.1, 0.15) is 18.1 Å².